The lowest BCUT2D eigenvalue weighted by atomic mass is 10.7. The maximum Gasteiger partial charge on any atom is 0.191 e. The first-order valence-electron chi connectivity index (χ1n) is 2.38. The third kappa shape index (κ3) is 1.96. The Bertz CT molecular complexity index is 240. The van der Waals surface area contributed by atoms with Gasteiger partial charge in [-0.15, -0.1) is 0 Å². The molecular formula is C5H3Cl2N2S. The molecule has 0 saturated heterocycles. The predicted octanol–water partition coefficient (Wildman–Crippen LogP) is 2.08. The molecule has 10 heavy (non-hydrogen) atoms. The van der Waals surface area contributed by atoms with Crippen molar-refractivity contribution in [3.8, 4) is 0 Å². The smallest absolute Gasteiger partial charge is 0.191 e. The van der Waals surface area contributed by atoms with Gasteiger partial charge in [-0.1, -0.05) is 35.0 Å². The summed E-state index contributed by atoms with van der Waals surface area (Å²) in [6.45, 7) is 0. The molecular weight excluding hydrogens is 191 g/mol. The Morgan fingerprint density at radius 3 is 2.60 bits per heavy atom. The van der Waals surface area contributed by atoms with Gasteiger partial charge in [-0.05, 0) is 12.0 Å². The lowest BCUT2D eigenvalue weighted by Gasteiger charge is -2.02. The van der Waals surface area contributed by atoms with E-state index in [-0.39, 0.29) is 10.3 Å². The van der Waals surface area contributed by atoms with Crippen molar-refractivity contribution in [3.05, 3.63) is 16.0 Å². The summed E-state index contributed by atoms with van der Waals surface area (Å²) in [4.78, 5) is 3.83. The number of aliphatic imine (C=N–C) groups is 1. The molecule has 0 bridgehead atoms. The van der Waals surface area contributed by atoms with Crippen LogP contribution in [0.1, 0.15) is 0 Å². The van der Waals surface area contributed by atoms with Gasteiger partial charge in [0.05, 0.1) is 0 Å². The Hall–Kier alpha value is -0.0800. The summed E-state index contributed by atoms with van der Waals surface area (Å²) < 4.78 is 0. The third-order valence-electron chi connectivity index (χ3n) is 0.776. The van der Waals surface area contributed by atoms with E-state index in [2.05, 4.69) is 16.0 Å². The number of nitrogens with zero attached hydrogens (tertiary/aromatic N) is 2. The van der Waals surface area contributed by atoms with Gasteiger partial charge in [0.25, 0.3) is 0 Å². The van der Waals surface area contributed by atoms with E-state index in [9.17, 15) is 0 Å². The summed E-state index contributed by atoms with van der Waals surface area (Å²) in [6.07, 6.45) is 1.85. The molecule has 1 aliphatic heterocycles. The summed E-state index contributed by atoms with van der Waals surface area (Å²) in [5, 5.41) is 4.90. The van der Waals surface area contributed by atoms with E-state index in [1.807, 2.05) is 6.26 Å². The molecule has 0 aliphatic carbocycles. The topological polar surface area (TPSA) is 26.5 Å². The zero-order valence-electron chi connectivity index (χ0n) is 5.06. The van der Waals surface area contributed by atoms with Crippen molar-refractivity contribution < 1.29 is 0 Å². The standard InChI is InChI=1S/C5H3Cl2N2S/c1-10-5-8-3(6)2-4(7)9-5/h1H3. The minimum atomic E-state index is 0.254. The zero-order valence-corrected chi connectivity index (χ0v) is 7.39. The van der Waals surface area contributed by atoms with Crippen LogP contribution in [0.15, 0.2) is 21.0 Å². The van der Waals surface area contributed by atoms with Gasteiger partial charge in [0.15, 0.2) is 15.5 Å². The molecule has 0 amide bonds. The first-order chi connectivity index (χ1) is 4.72. The SMILES string of the molecule is CSC1=NC(Cl)=C=C(Cl)[N]1. The van der Waals surface area contributed by atoms with Gasteiger partial charge in [0, 0.05) is 0 Å². The lowest BCUT2D eigenvalue weighted by Crippen LogP contribution is -2.10. The maximum absolute atomic E-state index is 5.52. The van der Waals surface area contributed by atoms with E-state index in [1.54, 1.807) is 0 Å². The molecule has 0 aromatic rings. The van der Waals surface area contributed by atoms with E-state index < -0.39 is 0 Å². The largest absolute Gasteiger partial charge is 0.202 e. The van der Waals surface area contributed by atoms with Gasteiger partial charge in [-0.3, -0.25) is 0 Å². The highest BCUT2D eigenvalue weighted by molar-refractivity contribution is 8.13. The van der Waals surface area contributed by atoms with E-state index in [1.165, 1.54) is 11.8 Å². The van der Waals surface area contributed by atoms with Crippen LogP contribution in [-0.4, -0.2) is 11.4 Å². The van der Waals surface area contributed by atoms with E-state index in [0.717, 1.165) is 0 Å². The molecule has 5 heteroatoms. The van der Waals surface area contributed by atoms with Crippen LogP contribution in [0.25, 0.3) is 0 Å². The van der Waals surface area contributed by atoms with Crippen LogP contribution >= 0.6 is 35.0 Å². The Kier molecular flexibility index (Phi) is 2.69. The minimum Gasteiger partial charge on any atom is -0.202 e. The molecule has 1 aliphatic rings. The molecule has 0 saturated carbocycles. The van der Waals surface area contributed by atoms with Gasteiger partial charge in [0.1, 0.15) is 0 Å². The van der Waals surface area contributed by atoms with Crippen LogP contribution < -0.4 is 5.32 Å². The van der Waals surface area contributed by atoms with Crippen molar-refractivity contribution in [1.29, 1.82) is 0 Å². The minimum absolute atomic E-state index is 0.254. The summed E-state index contributed by atoms with van der Waals surface area (Å²) in [5.74, 6) is 0. The molecule has 1 heterocycles. The molecule has 0 fully saturated rings. The Morgan fingerprint density at radius 2 is 2.10 bits per heavy atom. The summed E-state index contributed by atoms with van der Waals surface area (Å²) in [6, 6.07) is 0. The van der Waals surface area contributed by atoms with Gasteiger partial charge in [-0.25, -0.2) is 10.3 Å². The fourth-order valence-electron chi connectivity index (χ4n) is 0.425. The molecule has 0 N–H and O–H groups in total. The second kappa shape index (κ2) is 3.35. The van der Waals surface area contributed by atoms with Crippen LogP contribution in [0.2, 0.25) is 0 Å². The number of hydrogen-bond acceptors (Lipinski definition) is 2. The van der Waals surface area contributed by atoms with Crippen molar-refractivity contribution in [2.24, 2.45) is 4.99 Å². The number of halogens is 2. The maximum atomic E-state index is 5.52. The Balaban J connectivity index is 2.88. The molecule has 1 radical (unpaired) electrons. The monoisotopic (exact) mass is 193 g/mol. The number of thioether (sulfide) groups is 1. The molecule has 0 unspecified atom stereocenters. The second-order valence-corrected chi connectivity index (χ2v) is 2.91. The first kappa shape index (κ1) is 8.02. The van der Waals surface area contributed by atoms with Crippen molar-refractivity contribution in [3.63, 3.8) is 0 Å². The molecule has 0 spiro atoms. The average molecular weight is 194 g/mol. The van der Waals surface area contributed by atoms with Gasteiger partial charge < -0.3 is 0 Å². The van der Waals surface area contributed by atoms with Crippen LogP contribution in [0.4, 0.5) is 0 Å². The van der Waals surface area contributed by atoms with Crippen LogP contribution in [0, 0.1) is 0 Å². The van der Waals surface area contributed by atoms with Gasteiger partial charge in [0.2, 0.25) is 0 Å². The van der Waals surface area contributed by atoms with Crippen molar-refractivity contribution in [2.45, 2.75) is 0 Å². The summed E-state index contributed by atoms with van der Waals surface area (Å²) >= 11 is 12.4. The third-order valence-corrected chi connectivity index (χ3v) is 1.68. The number of amidine groups is 1. The van der Waals surface area contributed by atoms with E-state index in [0.29, 0.717) is 5.17 Å². The fraction of sp³-hybridized carbons (Fsp3) is 0.200. The molecule has 0 aromatic heterocycles. The first-order valence-corrected chi connectivity index (χ1v) is 4.37. The molecule has 1 rings (SSSR count). The zero-order chi connectivity index (χ0) is 7.56. The van der Waals surface area contributed by atoms with E-state index in [4.69, 9.17) is 23.2 Å². The van der Waals surface area contributed by atoms with Gasteiger partial charge in [-0.2, -0.15) is 0 Å². The second-order valence-electron chi connectivity index (χ2n) is 1.42. The average Bonchev–Trinajstić information content (AvgIpc) is 1.85. The predicted molar refractivity (Wildman–Crippen MR) is 45.3 cm³/mol. The highest BCUT2D eigenvalue weighted by Crippen LogP contribution is 2.14. The molecule has 0 aromatic carbocycles. The summed E-state index contributed by atoms with van der Waals surface area (Å²) in [7, 11) is 0. The van der Waals surface area contributed by atoms with E-state index >= 15 is 0 Å². The quantitative estimate of drug-likeness (QED) is 0.428. The number of rotatable bonds is 0. The highest BCUT2D eigenvalue weighted by atomic mass is 35.5. The summed E-state index contributed by atoms with van der Waals surface area (Å²) in [5.41, 5.74) is 2.54. The van der Waals surface area contributed by atoms with Gasteiger partial charge >= 0.3 is 0 Å². The fourth-order valence-corrected chi connectivity index (χ4v) is 1.28. The highest BCUT2D eigenvalue weighted by Gasteiger charge is 2.06. The lowest BCUT2D eigenvalue weighted by molar-refractivity contribution is 1.20. The van der Waals surface area contributed by atoms with Crippen molar-refractivity contribution >= 4 is 40.1 Å². The number of hydrogen-bond donors (Lipinski definition) is 0. The Morgan fingerprint density at radius 1 is 1.40 bits per heavy atom. The molecule has 2 nitrogen and oxygen atoms in total. The molecule has 53 valence electrons. The van der Waals surface area contributed by atoms with Crippen LogP contribution in [0.3, 0.4) is 0 Å². The van der Waals surface area contributed by atoms with Crippen LogP contribution in [-0.2, 0) is 0 Å². The normalized spacial score (nSPS) is 16.9. The van der Waals surface area contributed by atoms with Crippen LogP contribution in [0.5, 0.6) is 0 Å². The van der Waals surface area contributed by atoms with Crippen molar-refractivity contribution in [1.82, 2.24) is 5.32 Å². The molecule has 0 atom stereocenters. The Labute approximate surface area is 73.0 Å². The van der Waals surface area contributed by atoms with Crippen molar-refractivity contribution in [2.75, 3.05) is 6.26 Å².